The largest absolute Gasteiger partial charge is 0.468 e. The summed E-state index contributed by atoms with van der Waals surface area (Å²) in [5.74, 6) is -0.339. The van der Waals surface area contributed by atoms with E-state index in [0.29, 0.717) is 0 Å². The first-order chi connectivity index (χ1) is 7.69. The van der Waals surface area contributed by atoms with Gasteiger partial charge < -0.3 is 9.84 Å². The molecule has 1 aromatic carbocycles. The van der Waals surface area contributed by atoms with Gasteiger partial charge in [0, 0.05) is 0 Å². The summed E-state index contributed by atoms with van der Waals surface area (Å²) in [6, 6.07) is 8.79. The first-order valence-electron chi connectivity index (χ1n) is 5.18. The normalized spacial score (nSPS) is 14.2. The number of aliphatic hydroxyl groups excluding tert-OH is 1. The monoisotopic (exact) mass is 223 g/mol. The summed E-state index contributed by atoms with van der Waals surface area (Å²) in [5, 5.41) is 12.3. The van der Waals surface area contributed by atoms with Crippen molar-refractivity contribution in [1.82, 2.24) is 5.32 Å². The second-order valence-electron chi connectivity index (χ2n) is 3.56. The molecule has 4 heteroatoms. The van der Waals surface area contributed by atoms with Crippen LogP contribution < -0.4 is 5.32 Å². The molecule has 0 heterocycles. The van der Waals surface area contributed by atoms with E-state index in [1.165, 1.54) is 7.11 Å². The fourth-order valence-corrected chi connectivity index (χ4v) is 1.49. The van der Waals surface area contributed by atoms with Crippen molar-refractivity contribution in [2.24, 2.45) is 0 Å². The molecule has 2 N–H and O–H groups in total. The Balaban J connectivity index is 2.66. The van der Waals surface area contributed by atoms with Gasteiger partial charge in [-0.05, 0) is 12.5 Å². The van der Waals surface area contributed by atoms with E-state index in [-0.39, 0.29) is 18.6 Å². The molecule has 0 saturated carbocycles. The number of nitrogens with one attached hydrogen (secondary N) is 1. The molecule has 88 valence electrons. The van der Waals surface area contributed by atoms with Crippen molar-refractivity contribution in [3.05, 3.63) is 35.9 Å². The Morgan fingerprint density at radius 1 is 1.44 bits per heavy atom. The smallest absolute Gasteiger partial charge is 0.322 e. The second kappa shape index (κ2) is 6.25. The molecule has 4 nitrogen and oxygen atoms in total. The van der Waals surface area contributed by atoms with Crippen LogP contribution in [0, 0.1) is 0 Å². The Labute approximate surface area is 95.2 Å². The van der Waals surface area contributed by atoms with Crippen LogP contribution in [0.1, 0.15) is 18.5 Å². The maximum atomic E-state index is 11.2. The number of aliphatic hydroxyl groups is 1. The van der Waals surface area contributed by atoms with Gasteiger partial charge in [0.05, 0.1) is 19.8 Å². The average molecular weight is 223 g/mol. The van der Waals surface area contributed by atoms with Gasteiger partial charge in [-0.1, -0.05) is 30.3 Å². The van der Waals surface area contributed by atoms with Gasteiger partial charge in [-0.25, -0.2) is 0 Å². The zero-order valence-electron chi connectivity index (χ0n) is 9.51. The van der Waals surface area contributed by atoms with Gasteiger partial charge >= 0.3 is 5.97 Å². The van der Waals surface area contributed by atoms with E-state index >= 15 is 0 Å². The standard InChI is InChI=1S/C12H17NO3/c1-9(12(15)16-2)13-11(8-14)10-6-4-3-5-7-10/h3-7,9,11,13-14H,8H2,1-2H3. The van der Waals surface area contributed by atoms with Crippen LogP contribution in [-0.4, -0.2) is 30.8 Å². The number of methoxy groups -OCH3 is 1. The predicted molar refractivity (Wildman–Crippen MR) is 60.9 cm³/mol. The zero-order chi connectivity index (χ0) is 12.0. The van der Waals surface area contributed by atoms with Crippen LogP contribution in [0.2, 0.25) is 0 Å². The molecular weight excluding hydrogens is 206 g/mol. The van der Waals surface area contributed by atoms with E-state index < -0.39 is 6.04 Å². The summed E-state index contributed by atoms with van der Waals surface area (Å²) in [5.41, 5.74) is 0.945. The number of benzene rings is 1. The van der Waals surface area contributed by atoms with Gasteiger partial charge in [0.1, 0.15) is 6.04 Å². The van der Waals surface area contributed by atoms with Crippen molar-refractivity contribution in [3.8, 4) is 0 Å². The van der Waals surface area contributed by atoms with Crippen LogP contribution in [0.3, 0.4) is 0 Å². The van der Waals surface area contributed by atoms with Crippen LogP contribution in [0.25, 0.3) is 0 Å². The molecule has 0 aliphatic carbocycles. The quantitative estimate of drug-likeness (QED) is 0.727. The number of rotatable bonds is 5. The van der Waals surface area contributed by atoms with Crippen LogP contribution in [0.4, 0.5) is 0 Å². The lowest BCUT2D eigenvalue weighted by Gasteiger charge is -2.20. The van der Waals surface area contributed by atoms with Crippen molar-refractivity contribution < 1.29 is 14.6 Å². The van der Waals surface area contributed by atoms with Gasteiger partial charge in [0.25, 0.3) is 0 Å². The van der Waals surface area contributed by atoms with Crippen molar-refractivity contribution in [3.63, 3.8) is 0 Å². The molecule has 0 aliphatic heterocycles. The maximum absolute atomic E-state index is 11.2. The molecule has 0 saturated heterocycles. The molecule has 0 aliphatic rings. The Hall–Kier alpha value is -1.39. The van der Waals surface area contributed by atoms with Crippen molar-refractivity contribution in [2.45, 2.75) is 19.0 Å². The van der Waals surface area contributed by atoms with E-state index in [1.54, 1.807) is 6.92 Å². The van der Waals surface area contributed by atoms with E-state index in [0.717, 1.165) is 5.56 Å². The lowest BCUT2D eigenvalue weighted by atomic mass is 10.1. The summed E-state index contributed by atoms with van der Waals surface area (Å²) in [6.45, 7) is 1.64. The third-order valence-electron chi connectivity index (χ3n) is 2.39. The molecule has 16 heavy (non-hydrogen) atoms. The minimum absolute atomic E-state index is 0.0641. The van der Waals surface area contributed by atoms with Gasteiger partial charge in [-0.2, -0.15) is 0 Å². The third-order valence-corrected chi connectivity index (χ3v) is 2.39. The molecule has 1 rings (SSSR count). The first-order valence-corrected chi connectivity index (χ1v) is 5.18. The highest BCUT2D eigenvalue weighted by molar-refractivity contribution is 5.75. The molecule has 1 aromatic rings. The van der Waals surface area contributed by atoms with Gasteiger partial charge in [0.2, 0.25) is 0 Å². The van der Waals surface area contributed by atoms with Crippen LogP contribution in [0.15, 0.2) is 30.3 Å². The van der Waals surface area contributed by atoms with Gasteiger partial charge in [-0.15, -0.1) is 0 Å². The van der Waals surface area contributed by atoms with Crippen molar-refractivity contribution in [2.75, 3.05) is 13.7 Å². The van der Waals surface area contributed by atoms with Crippen molar-refractivity contribution >= 4 is 5.97 Å². The highest BCUT2D eigenvalue weighted by Gasteiger charge is 2.18. The fraction of sp³-hybridized carbons (Fsp3) is 0.417. The molecular formula is C12H17NO3. The summed E-state index contributed by atoms with van der Waals surface area (Å²) in [7, 11) is 1.34. The SMILES string of the molecule is COC(=O)C(C)NC(CO)c1ccccc1. The zero-order valence-corrected chi connectivity index (χ0v) is 9.51. The second-order valence-corrected chi connectivity index (χ2v) is 3.56. The molecule has 0 fully saturated rings. The highest BCUT2D eigenvalue weighted by atomic mass is 16.5. The summed E-state index contributed by atoms with van der Waals surface area (Å²) < 4.78 is 4.61. The lowest BCUT2D eigenvalue weighted by molar-refractivity contribution is -0.142. The van der Waals surface area contributed by atoms with E-state index in [2.05, 4.69) is 10.1 Å². The molecule has 0 bridgehead atoms. The average Bonchev–Trinajstić information content (AvgIpc) is 2.35. The van der Waals surface area contributed by atoms with E-state index in [9.17, 15) is 9.90 Å². The molecule has 0 spiro atoms. The van der Waals surface area contributed by atoms with Crippen LogP contribution in [0.5, 0.6) is 0 Å². The summed E-state index contributed by atoms with van der Waals surface area (Å²) >= 11 is 0. The number of esters is 1. The van der Waals surface area contributed by atoms with Gasteiger partial charge in [0.15, 0.2) is 0 Å². The molecule has 0 amide bonds. The molecule has 0 radical (unpaired) electrons. The highest BCUT2D eigenvalue weighted by Crippen LogP contribution is 2.12. The first kappa shape index (κ1) is 12.7. The number of carbonyl (C=O) groups is 1. The number of hydrogen-bond donors (Lipinski definition) is 2. The minimum atomic E-state index is -0.442. The molecule has 2 atom stereocenters. The number of carbonyl (C=O) groups excluding carboxylic acids is 1. The number of hydrogen-bond acceptors (Lipinski definition) is 4. The predicted octanol–water partition coefficient (Wildman–Crippen LogP) is 0.871. The third kappa shape index (κ3) is 3.32. The maximum Gasteiger partial charge on any atom is 0.322 e. The Kier molecular flexibility index (Phi) is 4.95. The van der Waals surface area contributed by atoms with Gasteiger partial charge in [-0.3, -0.25) is 10.1 Å². The molecule has 0 aromatic heterocycles. The van der Waals surface area contributed by atoms with Crippen LogP contribution >= 0.6 is 0 Å². The minimum Gasteiger partial charge on any atom is -0.468 e. The Morgan fingerprint density at radius 2 is 2.06 bits per heavy atom. The van der Waals surface area contributed by atoms with Crippen LogP contribution in [-0.2, 0) is 9.53 Å². The topological polar surface area (TPSA) is 58.6 Å². The Bertz CT molecular complexity index is 326. The van der Waals surface area contributed by atoms with E-state index in [4.69, 9.17) is 0 Å². The summed E-state index contributed by atoms with van der Waals surface area (Å²) in [6.07, 6.45) is 0. The fourth-order valence-electron chi connectivity index (χ4n) is 1.49. The summed E-state index contributed by atoms with van der Waals surface area (Å²) in [4.78, 5) is 11.2. The Morgan fingerprint density at radius 3 is 2.56 bits per heavy atom. The number of ether oxygens (including phenoxy) is 1. The lowest BCUT2D eigenvalue weighted by Crippen LogP contribution is -2.38. The molecule has 2 unspecified atom stereocenters. The van der Waals surface area contributed by atoms with E-state index in [1.807, 2.05) is 30.3 Å². The van der Waals surface area contributed by atoms with Crippen molar-refractivity contribution in [1.29, 1.82) is 0 Å².